The predicted octanol–water partition coefficient (Wildman–Crippen LogP) is -0.687. The number of hydrogen-bond donors (Lipinski definition) is 2. The molecule has 3 atom stereocenters. The van der Waals surface area contributed by atoms with Crippen molar-refractivity contribution in [2.75, 3.05) is 26.2 Å². The lowest BCUT2D eigenvalue weighted by Crippen LogP contribution is -2.58. The van der Waals surface area contributed by atoms with Crippen molar-refractivity contribution >= 4 is 5.91 Å². The minimum absolute atomic E-state index is 0.126. The van der Waals surface area contributed by atoms with E-state index >= 15 is 0 Å². The predicted molar refractivity (Wildman–Crippen MR) is 61.0 cm³/mol. The molecule has 2 rings (SSSR count). The van der Waals surface area contributed by atoms with Crippen LogP contribution >= 0.6 is 0 Å². The molecule has 0 radical (unpaired) electrons. The Hall–Kier alpha value is -0.650. The maximum atomic E-state index is 12.2. The van der Waals surface area contributed by atoms with Gasteiger partial charge in [-0.3, -0.25) is 4.79 Å². The molecule has 0 aromatic rings. The van der Waals surface area contributed by atoms with Crippen LogP contribution in [0, 0.1) is 0 Å². The molecule has 0 bridgehead atoms. The average Bonchev–Trinajstić information content (AvgIpc) is 2.75. The number of carbonyl (C=O) groups excluding carboxylic acids is 1. The molecule has 0 aromatic carbocycles. The second-order valence-electron chi connectivity index (χ2n) is 4.64. The van der Waals surface area contributed by atoms with Crippen molar-refractivity contribution in [1.29, 1.82) is 0 Å². The second kappa shape index (κ2) is 5.12. The van der Waals surface area contributed by atoms with Crippen molar-refractivity contribution in [1.82, 2.24) is 10.2 Å². The molecule has 2 aliphatic heterocycles. The lowest BCUT2D eigenvalue weighted by Gasteiger charge is -2.36. The SMILES string of the molecule is CC1CCC(C(=O)N2CCNCC2CN)O1. The van der Waals surface area contributed by atoms with E-state index in [2.05, 4.69) is 5.32 Å². The Labute approximate surface area is 96.3 Å². The van der Waals surface area contributed by atoms with Crippen molar-refractivity contribution in [2.45, 2.75) is 38.0 Å². The average molecular weight is 227 g/mol. The summed E-state index contributed by atoms with van der Waals surface area (Å²) in [6.45, 7) is 4.93. The third-order valence-electron chi connectivity index (χ3n) is 3.41. The van der Waals surface area contributed by atoms with Gasteiger partial charge in [-0.25, -0.2) is 0 Å². The van der Waals surface area contributed by atoms with E-state index in [-0.39, 0.29) is 24.2 Å². The van der Waals surface area contributed by atoms with Gasteiger partial charge >= 0.3 is 0 Å². The summed E-state index contributed by atoms with van der Waals surface area (Å²) in [5.74, 6) is 0.126. The Morgan fingerprint density at radius 3 is 3.00 bits per heavy atom. The molecule has 2 heterocycles. The molecule has 2 saturated heterocycles. The normalized spacial score (nSPS) is 35.4. The number of piperazine rings is 1. The van der Waals surface area contributed by atoms with Crippen molar-refractivity contribution in [3.8, 4) is 0 Å². The summed E-state index contributed by atoms with van der Waals surface area (Å²) >= 11 is 0. The van der Waals surface area contributed by atoms with Gasteiger partial charge in [-0.1, -0.05) is 0 Å². The summed E-state index contributed by atoms with van der Waals surface area (Å²) in [5.41, 5.74) is 5.68. The molecule has 2 fully saturated rings. The number of nitrogens with two attached hydrogens (primary N) is 1. The molecule has 2 aliphatic rings. The molecular weight excluding hydrogens is 206 g/mol. The molecule has 0 spiro atoms. The maximum Gasteiger partial charge on any atom is 0.252 e. The van der Waals surface area contributed by atoms with E-state index in [9.17, 15) is 4.79 Å². The Morgan fingerprint density at radius 2 is 2.38 bits per heavy atom. The summed E-state index contributed by atoms with van der Waals surface area (Å²) in [5, 5.41) is 3.26. The van der Waals surface area contributed by atoms with E-state index in [0.717, 1.165) is 32.5 Å². The molecule has 5 nitrogen and oxygen atoms in total. The van der Waals surface area contributed by atoms with Gasteiger partial charge in [0.15, 0.2) is 0 Å². The van der Waals surface area contributed by atoms with Crippen molar-refractivity contribution in [3.05, 3.63) is 0 Å². The molecule has 3 unspecified atom stereocenters. The van der Waals surface area contributed by atoms with Crippen LogP contribution in [0.2, 0.25) is 0 Å². The summed E-state index contributed by atoms with van der Waals surface area (Å²) < 4.78 is 5.62. The maximum absolute atomic E-state index is 12.2. The highest BCUT2D eigenvalue weighted by Crippen LogP contribution is 2.21. The largest absolute Gasteiger partial charge is 0.365 e. The monoisotopic (exact) mass is 227 g/mol. The van der Waals surface area contributed by atoms with E-state index in [1.54, 1.807) is 0 Å². The van der Waals surface area contributed by atoms with E-state index in [1.807, 2.05) is 11.8 Å². The zero-order chi connectivity index (χ0) is 11.5. The lowest BCUT2D eigenvalue weighted by atomic mass is 10.1. The first-order valence-electron chi connectivity index (χ1n) is 6.09. The molecule has 0 aromatic heterocycles. The Kier molecular flexibility index (Phi) is 3.78. The summed E-state index contributed by atoms with van der Waals surface area (Å²) in [6, 6.07) is 0.126. The first-order chi connectivity index (χ1) is 7.72. The van der Waals surface area contributed by atoms with Crippen molar-refractivity contribution < 1.29 is 9.53 Å². The van der Waals surface area contributed by atoms with Gasteiger partial charge in [0, 0.05) is 26.2 Å². The number of hydrogen-bond acceptors (Lipinski definition) is 4. The van der Waals surface area contributed by atoms with Crippen molar-refractivity contribution in [3.63, 3.8) is 0 Å². The van der Waals surface area contributed by atoms with Gasteiger partial charge in [0.2, 0.25) is 0 Å². The van der Waals surface area contributed by atoms with Gasteiger partial charge in [-0.05, 0) is 19.8 Å². The number of ether oxygens (including phenoxy) is 1. The fourth-order valence-corrected chi connectivity index (χ4v) is 2.43. The Balaban J connectivity index is 1.96. The minimum Gasteiger partial charge on any atom is -0.365 e. The Morgan fingerprint density at radius 1 is 1.56 bits per heavy atom. The molecule has 0 saturated carbocycles. The van der Waals surface area contributed by atoms with Crippen LogP contribution < -0.4 is 11.1 Å². The van der Waals surface area contributed by atoms with E-state index in [0.29, 0.717) is 6.54 Å². The highest BCUT2D eigenvalue weighted by atomic mass is 16.5. The van der Waals surface area contributed by atoms with Crippen LogP contribution in [0.3, 0.4) is 0 Å². The van der Waals surface area contributed by atoms with Crippen LogP contribution in [0.25, 0.3) is 0 Å². The number of amides is 1. The van der Waals surface area contributed by atoms with Crippen LogP contribution in [0.15, 0.2) is 0 Å². The van der Waals surface area contributed by atoms with Gasteiger partial charge in [-0.2, -0.15) is 0 Å². The van der Waals surface area contributed by atoms with Gasteiger partial charge in [0.25, 0.3) is 5.91 Å². The fourth-order valence-electron chi connectivity index (χ4n) is 2.43. The second-order valence-corrected chi connectivity index (χ2v) is 4.64. The number of nitrogens with zero attached hydrogens (tertiary/aromatic N) is 1. The highest BCUT2D eigenvalue weighted by molar-refractivity contribution is 5.81. The summed E-state index contributed by atoms with van der Waals surface area (Å²) in [6.07, 6.45) is 1.81. The summed E-state index contributed by atoms with van der Waals surface area (Å²) in [4.78, 5) is 14.1. The van der Waals surface area contributed by atoms with E-state index in [4.69, 9.17) is 10.5 Å². The first kappa shape index (κ1) is 11.8. The molecule has 16 heavy (non-hydrogen) atoms. The molecule has 1 amide bonds. The van der Waals surface area contributed by atoms with Gasteiger partial charge in [-0.15, -0.1) is 0 Å². The van der Waals surface area contributed by atoms with Crippen LogP contribution in [0.5, 0.6) is 0 Å². The van der Waals surface area contributed by atoms with Gasteiger partial charge in [0.05, 0.1) is 12.1 Å². The van der Waals surface area contributed by atoms with Crippen molar-refractivity contribution in [2.24, 2.45) is 5.73 Å². The number of rotatable bonds is 2. The number of carbonyl (C=O) groups is 1. The number of nitrogens with one attached hydrogen (secondary N) is 1. The highest BCUT2D eigenvalue weighted by Gasteiger charge is 2.35. The van der Waals surface area contributed by atoms with Crippen LogP contribution in [0.1, 0.15) is 19.8 Å². The minimum atomic E-state index is -0.234. The van der Waals surface area contributed by atoms with Gasteiger partial charge in [0.1, 0.15) is 6.10 Å². The Bertz CT molecular complexity index is 260. The topological polar surface area (TPSA) is 67.6 Å². The zero-order valence-electron chi connectivity index (χ0n) is 9.82. The van der Waals surface area contributed by atoms with Crippen LogP contribution in [0.4, 0.5) is 0 Å². The smallest absolute Gasteiger partial charge is 0.252 e. The third kappa shape index (κ3) is 2.36. The summed E-state index contributed by atoms with van der Waals surface area (Å²) in [7, 11) is 0. The molecule has 0 aliphatic carbocycles. The lowest BCUT2D eigenvalue weighted by molar-refractivity contribution is -0.145. The first-order valence-corrected chi connectivity index (χ1v) is 6.09. The molecule has 3 N–H and O–H groups in total. The quantitative estimate of drug-likeness (QED) is 0.655. The fraction of sp³-hybridized carbons (Fsp3) is 0.909. The molecular formula is C11H21N3O2. The van der Waals surface area contributed by atoms with E-state index < -0.39 is 0 Å². The standard InChI is InChI=1S/C11H21N3O2/c1-8-2-3-10(16-8)11(15)14-5-4-13-7-9(14)6-12/h8-10,13H,2-7,12H2,1H3. The van der Waals surface area contributed by atoms with Crippen LogP contribution in [-0.2, 0) is 9.53 Å². The van der Waals surface area contributed by atoms with E-state index in [1.165, 1.54) is 0 Å². The van der Waals surface area contributed by atoms with Crippen LogP contribution in [-0.4, -0.2) is 55.2 Å². The molecule has 92 valence electrons. The third-order valence-corrected chi connectivity index (χ3v) is 3.41. The zero-order valence-corrected chi connectivity index (χ0v) is 9.82. The van der Waals surface area contributed by atoms with Gasteiger partial charge < -0.3 is 20.7 Å². The molecule has 5 heteroatoms.